The van der Waals surface area contributed by atoms with E-state index in [1.807, 2.05) is 36.4 Å². The first-order valence-electron chi connectivity index (χ1n) is 16.7. The fourth-order valence-corrected chi connectivity index (χ4v) is 8.04. The average Bonchev–Trinajstić information content (AvgIpc) is 3.53. The second-order valence-corrected chi connectivity index (χ2v) is 13.0. The molecule has 0 aliphatic rings. The molecule has 0 aliphatic heterocycles. The first-order valence-corrected chi connectivity index (χ1v) is 16.7. The molecule has 1 nitrogen and oxygen atoms in total. The number of hydrogen-bond acceptors (Lipinski definition) is 1. The Morgan fingerprint density at radius 1 is 0.388 bits per heavy atom. The summed E-state index contributed by atoms with van der Waals surface area (Å²) in [4.78, 5) is 0. The van der Waals surface area contributed by atoms with Crippen molar-refractivity contribution < 1.29 is 8.81 Å². The summed E-state index contributed by atoms with van der Waals surface area (Å²) in [5.41, 5.74) is 9.49. The summed E-state index contributed by atoms with van der Waals surface area (Å²) < 4.78 is 22.6. The van der Waals surface area contributed by atoms with E-state index in [4.69, 9.17) is 4.42 Å². The number of halogens is 1. The Bertz CT molecular complexity index is 2890. The van der Waals surface area contributed by atoms with Gasteiger partial charge in [-0.05, 0) is 73.6 Å². The lowest BCUT2D eigenvalue weighted by Gasteiger charge is -2.17. The van der Waals surface area contributed by atoms with Gasteiger partial charge in [0.1, 0.15) is 17.0 Å². The highest BCUT2D eigenvalue weighted by Gasteiger charge is 2.21. The maximum Gasteiger partial charge on any atom is 0.143 e. The lowest BCUT2D eigenvalue weighted by molar-refractivity contribution is 0.651. The Hall–Kier alpha value is -6.25. The molecule has 0 aliphatic carbocycles. The second kappa shape index (κ2) is 10.6. The Labute approximate surface area is 282 Å². The minimum Gasteiger partial charge on any atom is -0.455 e. The van der Waals surface area contributed by atoms with E-state index >= 15 is 4.39 Å². The number of furan rings is 1. The van der Waals surface area contributed by atoms with Crippen molar-refractivity contribution in [2.75, 3.05) is 0 Å². The van der Waals surface area contributed by atoms with Gasteiger partial charge in [-0.25, -0.2) is 4.39 Å². The number of para-hydroxylation sites is 1. The molecule has 0 atom stereocenters. The molecule has 0 amide bonds. The minimum atomic E-state index is -0.187. The van der Waals surface area contributed by atoms with Gasteiger partial charge in [-0.3, -0.25) is 0 Å². The zero-order chi connectivity index (χ0) is 32.6. The molecular formula is C47H29FO. The zero-order valence-corrected chi connectivity index (χ0v) is 26.8. The summed E-state index contributed by atoms with van der Waals surface area (Å²) in [5.74, 6) is -0.187. The molecule has 10 rings (SSSR count). The molecule has 0 fully saturated rings. The van der Waals surface area contributed by atoms with Crippen LogP contribution in [0.5, 0.6) is 0 Å². The second-order valence-electron chi connectivity index (χ2n) is 13.0. The van der Waals surface area contributed by atoms with Crippen molar-refractivity contribution in [2.24, 2.45) is 0 Å². The lowest BCUT2D eigenvalue weighted by Crippen LogP contribution is -1.91. The number of aryl methyl sites for hydroxylation is 1. The highest BCUT2D eigenvalue weighted by molar-refractivity contribution is 6.23. The third-order valence-corrected chi connectivity index (χ3v) is 10.2. The van der Waals surface area contributed by atoms with Gasteiger partial charge in [-0.15, -0.1) is 0 Å². The molecule has 230 valence electrons. The summed E-state index contributed by atoms with van der Waals surface area (Å²) in [6.07, 6.45) is 0. The van der Waals surface area contributed by atoms with Gasteiger partial charge < -0.3 is 4.42 Å². The number of benzene rings is 9. The molecule has 0 radical (unpaired) electrons. The molecule has 49 heavy (non-hydrogen) atoms. The molecule has 9 aromatic carbocycles. The van der Waals surface area contributed by atoms with Gasteiger partial charge in [0.2, 0.25) is 0 Å². The number of rotatable bonds is 3. The van der Waals surface area contributed by atoms with Gasteiger partial charge in [-0.1, -0.05) is 151 Å². The SMILES string of the molecule is Cc1ccc2c(F)c3ccccc3c(-c3cccc4c3oc3ccc(-c5c6ccccc6c(-c6ccccc6)c6ccccc56)cc34)c2c1. The Balaban J connectivity index is 1.26. The minimum absolute atomic E-state index is 0.187. The summed E-state index contributed by atoms with van der Waals surface area (Å²) in [6.45, 7) is 2.05. The van der Waals surface area contributed by atoms with Crippen molar-refractivity contribution in [1.82, 2.24) is 0 Å². The Morgan fingerprint density at radius 2 is 0.939 bits per heavy atom. The summed E-state index contributed by atoms with van der Waals surface area (Å²) >= 11 is 0. The zero-order valence-electron chi connectivity index (χ0n) is 26.8. The predicted molar refractivity (Wildman–Crippen MR) is 205 cm³/mol. The highest BCUT2D eigenvalue weighted by Crippen LogP contribution is 2.47. The number of fused-ring (bicyclic) bond motifs is 7. The molecule has 1 heterocycles. The van der Waals surface area contributed by atoms with Crippen LogP contribution in [-0.4, -0.2) is 0 Å². The van der Waals surface area contributed by atoms with E-state index in [0.29, 0.717) is 10.8 Å². The predicted octanol–water partition coefficient (Wildman–Crippen LogP) is 13.6. The average molecular weight is 629 g/mol. The van der Waals surface area contributed by atoms with Gasteiger partial charge in [0.15, 0.2) is 0 Å². The van der Waals surface area contributed by atoms with Gasteiger partial charge in [0, 0.05) is 32.7 Å². The van der Waals surface area contributed by atoms with Crippen LogP contribution in [-0.2, 0) is 0 Å². The molecule has 0 N–H and O–H groups in total. The van der Waals surface area contributed by atoms with Crippen LogP contribution in [0.2, 0.25) is 0 Å². The van der Waals surface area contributed by atoms with Crippen LogP contribution >= 0.6 is 0 Å². The van der Waals surface area contributed by atoms with Crippen LogP contribution in [0, 0.1) is 12.7 Å². The molecule has 2 heteroatoms. The van der Waals surface area contributed by atoms with Crippen molar-refractivity contribution in [3.63, 3.8) is 0 Å². The van der Waals surface area contributed by atoms with Gasteiger partial charge in [0.05, 0.1) is 0 Å². The normalized spacial score (nSPS) is 11.9. The Morgan fingerprint density at radius 3 is 1.61 bits per heavy atom. The van der Waals surface area contributed by atoms with Crippen molar-refractivity contribution in [1.29, 1.82) is 0 Å². The van der Waals surface area contributed by atoms with Crippen LogP contribution < -0.4 is 0 Å². The monoisotopic (exact) mass is 628 g/mol. The van der Waals surface area contributed by atoms with Gasteiger partial charge in [-0.2, -0.15) is 0 Å². The molecule has 10 aromatic rings. The van der Waals surface area contributed by atoms with Crippen LogP contribution in [0.4, 0.5) is 4.39 Å². The molecular weight excluding hydrogens is 600 g/mol. The van der Waals surface area contributed by atoms with E-state index in [0.717, 1.165) is 55.0 Å². The Kier molecular flexibility index (Phi) is 6.04. The van der Waals surface area contributed by atoms with E-state index in [-0.39, 0.29) is 5.82 Å². The molecule has 0 saturated heterocycles. The fraction of sp³-hybridized carbons (Fsp3) is 0.0213. The molecule has 0 bridgehead atoms. The first kappa shape index (κ1) is 27.8. The molecule has 0 saturated carbocycles. The van der Waals surface area contributed by atoms with E-state index in [1.54, 1.807) is 0 Å². The highest BCUT2D eigenvalue weighted by atomic mass is 19.1. The van der Waals surface area contributed by atoms with E-state index in [9.17, 15) is 0 Å². The summed E-state index contributed by atoms with van der Waals surface area (Å²) in [7, 11) is 0. The maximum absolute atomic E-state index is 15.9. The van der Waals surface area contributed by atoms with Crippen LogP contribution in [0.1, 0.15) is 5.56 Å². The van der Waals surface area contributed by atoms with Crippen molar-refractivity contribution in [2.45, 2.75) is 6.92 Å². The van der Waals surface area contributed by atoms with Crippen LogP contribution in [0.3, 0.4) is 0 Å². The molecule has 1 aromatic heterocycles. The quantitative estimate of drug-likeness (QED) is 0.177. The van der Waals surface area contributed by atoms with E-state index in [2.05, 4.69) is 128 Å². The topological polar surface area (TPSA) is 13.1 Å². The lowest BCUT2D eigenvalue weighted by atomic mass is 9.85. The summed E-state index contributed by atoms with van der Waals surface area (Å²) in [5, 5.41) is 9.98. The first-order chi connectivity index (χ1) is 24.2. The third-order valence-electron chi connectivity index (χ3n) is 10.2. The van der Waals surface area contributed by atoms with Crippen LogP contribution in [0.15, 0.2) is 162 Å². The standard InChI is InChI=1S/C47H29FO/c1-28-22-24-37-41(26-28)45(35-18-9-10-19-36(35)46(37)48)39-21-11-20-38-40-27-30(23-25-42(40)49-47(38)39)44-33-16-7-5-14-31(33)43(29-12-3-2-4-13-29)32-15-6-8-17-34(32)44/h2-27H,1H3. The fourth-order valence-electron chi connectivity index (χ4n) is 8.04. The maximum atomic E-state index is 15.9. The number of hydrogen-bond donors (Lipinski definition) is 0. The smallest absolute Gasteiger partial charge is 0.143 e. The summed E-state index contributed by atoms with van der Waals surface area (Å²) in [6, 6.07) is 54.8. The van der Waals surface area contributed by atoms with Gasteiger partial charge >= 0.3 is 0 Å². The largest absolute Gasteiger partial charge is 0.455 e. The van der Waals surface area contributed by atoms with Crippen molar-refractivity contribution >= 4 is 65.0 Å². The molecule has 0 spiro atoms. The van der Waals surface area contributed by atoms with Crippen molar-refractivity contribution in [3.05, 3.63) is 169 Å². The molecule has 0 unspecified atom stereocenters. The van der Waals surface area contributed by atoms with E-state index < -0.39 is 0 Å². The third kappa shape index (κ3) is 4.11. The van der Waals surface area contributed by atoms with Crippen molar-refractivity contribution in [3.8, 4) is 33.4 Å². The van der Waals surface area contributed by atoms with E-state index in [1.165, 1.54) is 38.2 Å². The van der Waals surface area contributed by atoms with Gasteiger partial charge in [0.25, 0.3) is 0 Å². The van der Waals surface area contributed by atoms with Crippen LogP contribution in [0.25, 0.3) is 98.4 Å².